The minimum absolute atomic E-state index is 0. The summed E-state index contributed by atoms with van der Waals surface area (Å²) in [6.45, 7) is 1.21. The fourth-order valence-corrected chi connectivity index (χ4v) is 3.04. The Labute approximate surface area is 165 Å². The molecule has 1 amide bonds. The Hall–Kier alpha value is -1.75. The van der Waals surface area contributed by atoms with Crippen molar-refractivity contribution in [3.8, 4) is 5.75 Å². The number of halogens is 2. The molecular formula is C20H24Cl2N2O2. The highest BCUT2D eigenvalue weighted by atomic mass is 35.5. The van der Waals surface area contributed by atoms with E-state index in [0.29, 0.717) is 11.6 Å². The number of methoxy groups -OCH3 is 1. The van der Waals surface area contributed by atoms with Gasteiger partial charge in [-0.25, -0.2) is 0 Å². The van der Waals surface area contributed by atoms with Gasteiger partial charge in [-0.1, -0.05) is 41.9 Å². The molecule has 0 aliphatic heterocycles. The van der Waals surface area contributed by atoms with Crippen LogP contribution in [0.3, 0.4) is 0 Å². The molecule has 0 heterocycles. The lowest BCUT2D eigenvalue weighted by atomic mass is 9.98. The minimum atomic E-state index is -0.320. The Morgan fingerprint density at radius 2 is 2.00 bits per heavy atom. The molecule has 2 aromatic rings. The van der Waals surface area contributed by atoms with Crippen LogP contribution < -0.4 is 15.4 Å². The lowest BCUT2D eigenvalue weighted by Gasteiger charge is -2.21. The van der Waals surface area contributed by atoms with Gasteiger partial charge in [0.1, 0.15) is 5.75 Å². The average molecular weight is 395 g/mol. The Bertz CT molecular complexity index is 735. The fraction of sp³-hybridized carbons (Fsp3) is 0.350. The first-order valence-corrected chi connectivity index (χ1v) is 8.93. The maximum Gasteiger partial charge on any atom is 0.234 e. The minimum Gasteiger partial charge on any atom is -0.497 e. The highest BCUT2D eigenvalue weighted by Crippen LogP contribution is 2.30. The summed E-state index contributed by atoms with van der Waals surface area (Å²) in [5.74, 6) is 1.44. The number of amides is 1. The van der Waals surface area contributed by atoms with E-state index in [4.69, 9.17) is 16.3 Å². The molecule has 1 aliphatic rings. The molecule has 4 nitrogen and oxygen atoms in total. The molecular weight excluding hydrogens is 371 g/mol. The highest BCUT2D eigenvalue weighted by Gasteiger charge is 2.22. The molecule has 0 aromatic heterocycles. The van der Waals surface area contributed by atoms with Crippen molar-refractivity contribution in [1.82, 2.24) is 10.6 Å². The van der Waals surface area contributed by atoms with Crippen molar-refractivity contribution in [2.45, 2.75) is 18.9 Å². The number of ether oxygens (including phenoxy) is 1. The van der Waals surface area contributed by atoms with Gasteiger partial charge in [0.05, 0.1) is 19.7 Å². The Morgan fingerprint density at radius 3 is 2.69 bits per heavy atom. The first-order chi connectivity index (χ1) is 12.2. The quantitative estimate of drug-likeness (QED) is 0.711. The average Bonchev–Trinajstić information content (AvgIpc) is 3.45. The zero-order valence-electron chi connectivity index (χ0n) is 14.7. The van der Waals surface area contributed by atoms with Gasteiger partial charge in [0, 0.05) is 5.02 Å². The second-order valence-electron chi connectivity index (χ2n) is 6.37. The molecule has 1 aliphatic carbocycles. The van der Waals surface area contributed by atoms with Crippen molar-refractivity contribution in [2.24, 2.45) is 5.92 Å². The number of hydrogen-bond donors (Lipinski definition) is 2. The van der Waals surface area contributed by atoms with E-state index in [0.717, 1.165) is 29.3 Å². The Morgan fingerprint density at radius 1 is 1.23 bits per heavy atom. The number of hydrogen-bond acceptors (Lipinski definition) is 3. The molecule has 2 aromatic carbocycles. The molecule has 0 saturated heterocycles. The molecule has 0 bridgehead atoms. The van der Waals surface area contributed by atoms with Crippen LogP contribution in [0, 0.1) is 5.92 Å². The first-order valence-electron chi connectivity index (χ1n) is 8.56. The van der Waals surface area contributed by atoms with Crippen LogP contribution in [-0.2, 0) is 4.79 Å². The number of carbonyl (C=O) groups excluding carboxylic acids is 1. The smallest absolute Gasteiger partial charge is 0.234 e. The van der Waals surface area contributed by atoms with E-state index in [-0.39, 0.29) is 24.4 Å². The van der Waals surface area contributed by atoms with Crippen molar-refractivity contribution < 1.29 is 9.53 Å². The number of nitrogens with one attached hydrogen (secondary N) is 2. The first kappa shape index (κ1) is 20.6. The maximum atomic E-state index is 12.4. The van der Waals surface area contributed by atoms with Crippen LogP contribution >= 0.6 is 24.0 Å². The third-order valence-electron chi connectivity index (χ3n) is 4.36. The van der Waals surface area contributed by atoms with Gasteiger partial charge < -0.3 is 15.4 Å². The summed E-state index contributed by atoms with van der Waals surface area (Å²) in [6, 6.07) is 14.9. The zero-order chi connectivity index (χ0) is 17.6. The number of rotatable bonds is 8. The molecule has 1 fully saturated rings. The molecule has 0 radical (unpaired) electrons. The summed E-state index contributed by atoms with van der Waals surface area (Å²) in [5.41, 5.74) is 1.80. The van der Waals surface area contributed by atoms with Gasteiger partial charge in [-0.15, -0.1) is 12.4 Å². The molecule has 6 heteroatoms. The molecule has 0 spiro atoms. The van der Waals surface area contributed by atoms with Crippen molar-refractivity contribution in [2.75, 3.05) is 20.2 Å². The summed E-state index contributed by atoms with van der Waals surface area (Å²) in [6.07, 6.45) is 2.53. The van der Waals surface area contributed by atoms with Crippen LogP contribution in [0.25, 0.3) is 0 Å². The molecule has 3 rings (SSSR count). The summed E-state index contributed by atoms with van der Waals surface area (Å²) >= 11 is 6.38. The third kappa shape index (κ3) is 5.63. The number of carbonyl (C=O) groups is 1. The van der Waals surface area contributed by atoms with Crippen LogP contribution in [0.5, 0.6) is 5.75 Å². The van der Waals surface area contributed by atoms with Gasteiger partial charge in [-0.05, 0) is 54.6 Å². The fourth-order valence-electron chi connectivity index (χ4n) is 2.79. The van der Waals surface area contributed by atoms with Gasteiger partial charge in [0.15, 0.2) is 0 Å². The van der Waals surface area contributed by atoms with Crippen LogP contribution in [0.1, 0.15) is 30.0 Å². The molecule has 1 atom stereocenters. The summed E-state index contributed by atoms with van der Waals surface area (Å²) in [5, 5.41) is 6.94. The van der Waals surface area contributed by atoms with Crippen LogP contribution in [0.4, 0.5) is 0 Å². The molecule has 140 valence electrons. The van der Waals surface area contributed by atoms with Gasteiger partial charge in [-0.3, -0.25) is 4.79 Å². The van der Waals surface area contributed by atoms with Gasteiger partial charge in [0.2, 0.25) is 5.91 Å². The second kappa shape index (κ2) is 9.81. The van der Waals surface area contributed by atoms with E-state index < -0.39 is 0 Å². The van der Waals surface area contributed by atoms with Crippen molar-refractivity contribution >= 4 is 29.9 Å². The van der Waals surface area contributed by atoms with E-state index in [2.05, 4.69) is 10.6 Å². The van der Waals surface area contributed by atoms with E-state index >= 15 is 0 Å². The standard InChI is InChI=1S/C20H23ClN2O2.ClH/c1-25-16-6-4-5-15(11-16)20(17-7-2-3-8-18(17)21)23-19(24)13-22-12-14-9-10-14;/h2-8,11,14,20,22H,9-10,12-13H2,1H3,(H,23,24);1H. The molecule has 2 N–H and O–H groups in total. The second-order valence-corrected chi connectivity index (χ2v) is 6.78. The van der Waals surface area contributed by atoms with Gasteiger partial charge >= 0.3 is 0 Å². The third-order valence-corrected chi connectivity index (χ3v) is 4.71. The van der Waals surface area contributed by atoms with E-state index in [1.807, 2.05) is 48.5 Å². The largest absolute Gasteiger partial charge is 0.497 e. The van der Waals surface area contributed by atoms with E-state index in [1.165, 1.54) is 12.8 Å². The van der Waals surface area contributed by atoms with E-state index in [1.54, 1.807) is 7.11 Å². The highest BCUT2D eigenvalue weighted by molar-refractivity contribution is 6.31. The van der Waals surface area contributed by atoms with Gasteiger partial charge in [0.25, 0.3) is 0 Å². The van der Waals surface area contributed by atoms with Crippen LogP contribution in [0.2, 0.25) is 5.02 Å². The summed E-state index contributed by atoms with van der Waals surface area (Å²) in [4.78, 5) is 12.4. The number of benzene rings is 2. The molecule has 1 saturated carbocycles. The summed E-state index contributed by atoms with van der Waals surface area (Å²) < 4.78 is 5.32. The predicted octanol–water partition coefficient (Wildman–Crippen LogP) is 3.98. The Kier molecular flexibility index (Phi) is 7.76. The van der Waals surface area contributed by atoms with Gasteiger partial charge in [-0.2, -0.15) is 0 Å². The topological polar surface area (TPSA) is 50.4 Å². The van der Waals surface area contributed by atoms with Crippen LogP contribution in [-0.4, -0.2) is 26.1 Å². The molecule has 1 unspecified atom stereocenters. The van der Waals surface area contributed by atoms with E-state index in [9.17, 15) is 4.79 Å². The lowest BCUT2D eigenvalue weighted by molar-refractivity contribution is -0.120. The monoisotopic (exact) mass is 394 g/mol. The normalized spacial score (nSPS) is 14.2. The van der Waals surface area contributed by atoms with Crippen LogP contribution in [0.15, 0.2) is 48.5 Å². The zero-order valence-corrected chi connectivity index (χ0v) is 16.3. The van der Waals surface area contributed by atoms with Crippen molar-refractivity contribution in [3.63, 3.8) is 0 Å². The SMILES string of the molecule is COc1cccc(C(NC(=O)CNCC2CC2)c2ccccc2Cl)c1.Cl. The lowest BCUT2D eigenvalue weighted by Crippen LogP contribution is -2.37. The molecule has 26 heavy (non-hydrogen) atoms. The van der Waals surface area contributed by atoms with Crippen molar-refractivity contribution in [1.29, 1.82) is 0 Å². The summed E-state index contributed by atoms with van der Waals surface area (Å²) in [7, 11) is 1.63. The predicted molar refractivity (Wildman–Crippen MR) is 107 cm³/mol. The Balaban J connectivity index is 0.00000243. The maximum absolute atomic E-state index is 12.4. The van der Waals surface area contributed by atoms with Crippen molar-refractivity contribution in [3.05, 3.63) is 64.7 Å².